The minimum atomic E-state index is -0.191. The van der Waals surface area contributed by atoms with Crippen LogP contribution in [-0.2, 0) is 4.79 Å². The fourth-order valence-corrected chi connectivity index (χ4v) is 1.46. The molecule has 1 aliphatic rings. The smallest absolute Gasteiger partial charge is 0.127 e. The van der Waals surface area contributed by atoms with Crippen molar-refractivity contribution in [1.29, 1.82) is 0 Å². The molecule has 0 N–H and O–H groups in total. The van der Waals surface area contributed by atoms with E-state index < -0.39 is 0 Å². The van der Waals surface area contributed by atoms with Gasteiger partial charge in [-0.3, -0.25) is 0 Å². The minimum Gasteiger partial charge on any atom is -0.300 e. The van der Waals surface area contributed by atoms with E-state index >= 15 is 0 Å². The Morgan fingerprint density at radius 3 is 2.60 bits per heavy atom. The summed E-state index contributed by atoms with van der Waals surface area (Å²) in [6, 6.07) is 0. The zero-order chi connectivity index (χ0) is 7.78. The summed E-state index contributed by atoms with van der Waals surface area (Å²) in [4.78, 5) is 11.0. The lowest BCUT2D eigenvalue weighted by molar-refractivity contribution is -0.121. The zero-order valence-electron chi connectivity index (χ0n) is 6.68. The van der Waals surface area contributed by atoms with E-state index in [4.69, 9.17) is 7.85 Å². The summed E-state index contributed by atoms with van der Waals surface area (Å²) in [7, 11) is 5.60. The first kappa shape index (κ1) is 7.84. The molecule has 0 aromatic carbocycles. The molecule has 0 aliphatic heterocycles. The molecule has 0 spiro atoms. The predicted octanol–water partition coefficient (Wildman–Crippen LogP) is 1.72. The van der Waals surface area contributed by atoms with E-state index in [1.54, 1.807) is 0 Å². The summed E-state index contributed by atoms with van der Waals surface area (Å²) in [5, 5.41) is 0. The number of Topliss-reactive ketones (excluding diaryl/α,β-unsaturated/α-hetero) is 1. The molecule has 0 saturated heterocycles. The lowest BCUT2D eigenvalue weighted by Crippen LogP contribution is -2.26. The summed E-state index contributed by atoms with van der Waals surface area (Å²) in [5.74, 6) is 0.0445. The molecule has 10 heavy (non-hydrogen) atoms. The number of hydrogen-bond acceptors (Lipinski definition) is 1. The van der Waals surface area contributed by atoms with Crippen molar-refractivity contribution in [1.82, 2.24) is 0 Å². The highest BCUT2D eigenvalue weighted by Crippen LogP contribution is 2.37. The van der Waals surface area contributed by atoms with Crippen molar-refractivity contribution in [2.24, 2.45) is 5.41 Å². The summed E-state index contributed by atoms with van der Waals surface area (Å²) < 4.78 is 0. The van der Waals surface area contributed by atoms with Crippen LogP contribution in [0.25, 0.3) is 0 Å². The fourth-order valence-electron chi connectivity index (χ4n) is 1.46. The van der Waals surface area contributed by atoms with Gasteiger partial charge in [-0.1, -0.05) is 13.8 Å². The first-order valence-corrected chi connectivity index (χ1v) is 3.80. The molecule has 0 heterocycles. The highest BCUT2D eigenvalue weighted by atomic mass is 16.1. The topological polar surface area (TPSA) is 17.1 Å². The van der Waals surface area contributed by atoms with Crippen molar-refractivity contribution in [3.05, 3.63) is 0 Å². The second kappa shape index (κ2) is 2.41. The number of rotatable bonds is 0. The maximum Gasteiger partial charge on any atom is 0.127 e. The predicted molar refractivity (Wildman–Crippen MR) is 42.1 cm³/mol. The van der Waals surface area contributed by atoms with E-state index in [0.717, 1.165) is 12.8 Å². The lowest BCUT2D eigenvalue weighted by Gasteiger charge is -2.32. The molecule has 1 atom stereocenters. The molecule has 0 bridgehead atoms. The summed E-state index contributed by atoms with van der Waals surface area (Å²) in [5.41, 5.74) is 0.285. The molecule has 1 nitrogen and oxygen atoms in total. The van der Waals surface area contributed by atoms with Crippen LogP contribution >= 0.6 is 0 Å². The van der Waals surface area contributed by atoms with Crippen LogP contribution in [0.1, 0.15) is 33.1 Å². The number of hydrogen-bond donors (Lipinski definition) is 0. The van der Waals surface area contributed by atoms with E-state index in [9.17, 15) is 4.79 Å². The normalized spacial score (nSPS) is 32.2. The highest BCUT2D eigenvalue weighted by molar-refractivity contribution is 6.24. The molecule has 1 aliphatic carbocycles. The molecule has 1 fully saturated rings. The Kier molecular flexibility index (Phi) is 1.89. The average Bonchev–Trinajstić information content (AvgIpc) is 1.79. The summed E-state index contributed by atoms with van der Waals surface area (Å²) in [6.45, 7) is 4.33. The van der Waals surface area contributed by atoms with Gasteiger partial charge >= 0.3 is 0 Å². The summed E-state index contributed by atoms with van der Waals surface area (Å²) >= 11 is 0. The first-order valence-electron chi connectivity index (χ1n) is 3.80. The largest absolute Gasteiger partial charge is 0.300 e. The van der Waals surface area contributed by atoms with E-state index in [2.05, 4.69) is 13.8 Å². The Balaban J connectivity index is 2.57. The van der Waals surface area contributed by atoms with Gasteiger partial charge in [0, 0.05) is 6.42 Å². The minimum absolute atomic E-state index is 0.191. The zero-order valence-corrected chi connectivity index (χ0v) is 6.68. The van der Waals surface area contributed by atoms with Gasteiger partial charge < -0.3 is 4.79 Å². The maximum atomic E-state index is 11.0. The molecule has 1 saturated carbocycles. The molecule has 0 aromatic rings. The molecule has 2 heteroatoms. The van der Waals surface area contributed by atoms with Crippen molar-refractivity contribution in [3.63, 3.8) is 0 Å². The van der Waals surface area contributed by atoms with Gasteiger partial charge in [0.05, 0.1) is 7.85 Å². The van der Waals surface area contributed by atoms with Crippen LogP contribution in [0.2, 0.25) is 5.82 Å². The third-order valence-electron chi connectivity index (χ3n) is 2.23. The Labute approximate surface area is 63.6 Å². The number of carbonyl (C=O) groups is 1. The van der Waals surface area contributed by atoms with E-state index in [-0.39, 0.29) is 17.0 Å². The van der Waals surface area contributed by atoms with Crippen molar-refractivity contribution in [2.75, 3.05) is 0 Å². The molecule has 1 unspecified atom stereocenters. The van der Waals surface area contributed by atoms with Gasteiger partial charge in [0.1, 0.15) is 5.78 Å². The van der Waals surface area contributed by atoms with E-state index in [1.165, 1.54) is 0 Å². The van der Waals surface area contributed by atoms with E-state index in [0.29, 0.717) is 6.42 Å². The molecular formula is C8H13BO. The van der Waals surface area contributed by atoms with Crippen LogP contribution in [-0.4, -0.2) is 13.6 Å². The average molecular weight is 136 g/mol. The van der Waals surface area contributed by atoms with Crippen molar-refractivity contribution in [3.8, 4) is 0 Å². The van der Waals surface area contributed by atoms with Crippen molar-refractivity contribution in [2.45, 2.75) is 38.9 Å². The Bertz CT molecular complexity index is 151. The summed E-state index contributed by atoms with van der Waals surface area (Å²) in [6.07, 6.45) is 2.53. The number of ketones is 1. The van der Waals surface area contributed by atoms with Crippen molar-refractivity contribution >= 4 is 13.6 Å². The second-order valence-corrected chi connectivity index (χ2v) is 3.94. The van der Waals surface area contributed by atoms with Crippen LogP contribution in [0.15, 0.2) is 0 Å². The van der Waals surface area contributed by atoms with Gasteiger partial charge in [0.25, 0.3) is 0 Å². The Morgan fingerprint density at radius 2 is 2.20 bits per heavy atom. The standard InChI is InChI=1S/C8H13BO/c1-8(2)4-3-7(10)6(9)5-8/h6H,3-5H2,1-2H3. The third-order valence-corrected chi connectivity index (χ3v) is 2.23. The van der Waals surface area contributed by atoms with Gasteiger partial charge in [-0.05, 0) is 24.1 Å². The van der Waals surface area contributed by atoms with Crippen LogP contribution in [0.5, 0.6) is 0 Å². The van der Waals surface area contributed by atoms with Gasteiger partial charge in [-0.25, -0.2) is 0 Å². The molecule has 2 radical (unpaired) electrons. The van der Waals surface area contributed by atoms with Gasteiger partial charge in [0.2, 0.25) is 0 Å². The van der Waals surface area contributed by atoms with E-state index in [1.807, 2.05) is 0 Å². The SMILES string of the molecule is [B]C1CC(C)(C)CCC1=O. The third kappa shape index (κ3) is 1.62. The monoisotopic (exact) mass is 136 g/mol. The van der Waals surface area contributed by atoms with Crippen LogP contribution in [0.4, 0.5) is 0 Å². The van der Waals surface area contributed by atoms with Crippen molar-refractivity contribution < 1.29 is 4.79 Å². The molecule has 0 amide bonds. The second-order valence-electron chi connectivity index (χ2n) is 3.94. The quantitative estimate of drug-likeness (QED) is 0.463. The van der Waals surface area contributed by atoms with Crippen LogP contribution < -0.4 is 0 Å². The van der Waals surface area contributed by atoms with Gasteiger partial charge in [-0.15, -0.1) is 0 Å². The van der Waals surface area contributed by atoms with Crippen LogP contribution in [0.3, 0.4) is 0 Å². The Morgan fingerprint density at radius 1 is 1.60 bits per heavy atom. The first-order chi connectivity index (χ1) is 4.51. The molecular weight excluding hydrogens is 123 g/mol. The maximum absolute atomic E-state index is 11.0. The number of carbonyl (C=O) groups excluding carboxylic acids is 1. The Hall–Kier alpha value is -0.265. The lowest BCUT2D eigenvalue weighted by atomic mass is 9.64. The van der Waals surface area contributed by atoms with Gasteiger partial charge in [-0.2, -0.15) is 0 Å². The molecule has 0 aromatic heterocycles. The fraction of sp³-hybridized carbons (Fsp3) is 0.875. The molecule has 54 valence electrons. The highest BCUT2D eigenvalue weighted by Gasteiger charge is 2.29. The van der Waals surface area contributed by atoms with Gasteiger partial charge in [0.15, 0.2) is 0 Å². The van der Waals surface area contributed by atoms with Crippen LogP contribution in [0, 0.1) is 5.41 Å². The molecule has 1 rings (SSSR count).